The van der Waals surface area contributed by atoms with Crippen molar-refractivity contribution < 1.29 is 19.2 Å². The molecule has 4 rings (SSSR count). The molecule has 0 atom stereocenters. The molecular formula is C26H24N6O5S. The Hall–Kier alpha value is -4.71. The maximum Gasteiger partial charge on any atom is 0.269 e. The average molecular weight is 533 g/mol. The van der Waals surface area contributed by atoms with Gasteiger partial charge in [0, 0.05) is 30.3 Å². The normalized spacial score (nSPS) is 10.9. The number of nitro benzene ring substituents is 1. The maximum absolute atomic E-state index is 12.3. The third kappa shape index (κ3) is 6.73. The maximum atomic E-state index is 12.3. The minimum absolute atomic E-state index is 0.00454. The predicted octanol–water partition coefficient (Wildman–Crippen LogP) is 4.22. The molecule has 0 saturated heterocycles. The molecule has 0 aliphatic rings. The summed E-state index contributed by atoms with van der Waals surface area (Å²) in [5, 5.41) is 23.8. The first-order valence-corrected chi connectivity index (χ1v) is 12.4. The summed E-state index contributed by atoms with van der Waals surface area (Å²) in [6.07, 6.45) is 1.52. The Kier molecular flexibility index (Phi) is 8.67. The summed E-state index contributed by atoms with van der Waals surface area (Å²) < 4.78 is 13.0. The minimum atomic E-state index is -0.464. The van der Waals surface area contributed by atoms with Crippen LogP contribution in [0.2, 0.25) is 0 Å². The number of nitrogens with zero attached hydrogens (tertiary/aromatic N) is 5. The van der Waals surface area contributed by atoms with Gasteiger partial charge in [-0.2, -0.15) is 5.10 Å². The zero-order valence-electron chi connectivity index (χ0n) is 20.6. The number of methoxy groups -OCH3 is 1. The minimum Gasteiger partial charge on any atom is -0.496 e. The number of amides is 1. The van der Waals surface area contributed by atoms with Crippen molar-refractivity contribution in [1.82, 2.24) is 20.2 Å². The van der Waals surface area contributed by atoms with E-state index in [1.54, 1.807) is 25.3 Å². The Labute approximate surface area is 222 Å². The van der Waals surface area contributed by atoms with Gasteiger partial charge in [-0.05, 0) is 23.8 Å². The Bertz CT molecular complexity index is 1440. The second-order valence-electron chi connectivity index (χ2n) is 7.92. The molecule has 0 unspecified atom stereocenters. The Balaban J connectivity index is 1.28. The number of carbonyl (C=O) groups is 1. The van der Waals surface area contributed by atoms with Crippen molar-refractivity contribution in [3.05, 3.63) is 94.0 Å². The molecule has 1 N–H and O–H groups in total. The zero-order chi connectivity index (χ0) is 26.9. The molecule has 0 bridgehead atoms. The van der Waals surface area contributed by atoms with Crippen LogP contribution < -0.4 is 14.9 Å². The second-order valence-corrected chi connectivity index (χ2v) is 8.87. The van der Waals surface area contributed by atoms with Crippen molar-refractivity contribution in [3.8, 4) is 22.9 Å². The van der Waals surface area contributed by atoms with E-state index in [0.717, 1.165) is 22.5 Å². The van der Waals surface area contributed by atoms with Gasteiger partial charge in [0.15, 0.2) is 11.0 Å². The summed E-state index contributed by atoms with van der Waals surface area (Å²) in [5.74, 6) is 1.65. The van der Waals surface area contributed by atoms with Gasteiger partial charge in [0.05, 0.1) is 24.0 Å². The van der Waals surface area contributed by atoms with E-state index in [-0.39, 0.29) is 24.0 Å². The number of carbonyl (C=O) groups excluding carboxylic acids is 1. The number of hydrogen-bond donors (Lipinski definition) is 1. The lowest BCUT2D eigenvalue weighted by Crippen LogP contribution is -2.19. The fourth-order valence-corrected chi connectivity index (χ4v) is 4.11. The molecule has 0 aliphatic carbocycles. The molecule has 1 amide bonds. The molecule has 12 heteroatoms. The van der Waals surface area contributed by atoms with E-state index in [1.165, 1.54) is 30.1 Å². The number of hydrazone groups is 1. The second kappa shape index (κ2) is 12.5. The highest BCUT2D eigenvalue weighted by atomic mass is 32.2. The van der Waals surface area contributed by atoms with E-state index in [4.69, 9.17) is 9.47 Å². The van der Waals surface area contributed by atoms with Gasteiger partial charge in [0.2, 0.25) is 0 Å². The molecule has 0 fully saturated rings. The number of hydrogen-bond acceptors (Lipinski definition) is 9. The number of thioether (sulfide) groups is 1. The topological polar surface area (TPSA) is 134 Å². The molecule has 38 heavy (non-hydrogen) atoms. The van der Waals surface area contributed by atoms with Crippen molar-refractivity contribution in [2.45, 2.75) is 11.8 Å². The van der Waals surface area contributed by atoms with Gasteiger partial charge >= 0.3 is 0 Å². The van der Waals surface area contributed by atoms with Gasteiger partial charge in [-0.1, -0.05) is 54.2 Å². The van der Waals surface area contributed by atoms with Crippen LogP contribution in [0.5, 0.6) is 11.5 Å². The van der Waals surface area contributed by atoms with Crippen LogP contribution in [0.25, 0.3) is 11.4 Å². The molecule has 0 saturated carbocycles. The van der Waals surface area contributed by atoms with Crippen molar-refractivity contribution >= 4 is 29.6 Å². The van der Waals surface area contributed by atoms with Gasteiger partial charge in [-0.25, -0.2) is 5.43 Å². The summed E-state index contributed by atoms with van der Waals surface area (Å²) >= 11 is 1.27. The SMILES string of the molecule is COc1cc(/C=N\NC(=O)CSc2nnc(-c3ccccc3)n2C)ccc1COc1ccc([N+](=O)[O-])cc1. The zero-order valence-corrected chi connectivity index (χ0v) is 21.4. The predicted molar refractivity (Wildman–Crippen MR) is 143 cm³/mol. The largest absolute Gasteiger partial charge is 0.496 e. The van der Waals surface area contributed by atoms with Crippen LogP contribution in [0.3, 0.4) is 0 Å². The molecule has 4 aromatic rings. The van der Waals surface area contributed by atoms with E-state index in [2.05, 4.69) is 20.7 Å². The Morgan fingerprint density at radius 1 is 1.13 bits per heavy atom. The Morgan fingerprint density at radius 2 is 1.89 bits per heavy atom. The highest BCUT2D eigenvalue weighted by molar-refractivity contribution is 7.99. The lowest BCUT2D eigenvalue weighted by atomic mass is 10.1. The monoisotopic (exact) mass is 532 g/mol. The molecule has 1 heterocycles. The summed E-state index contributed by atoms with van der Waals surface area (Å²) in [6.45, 7) is 0.209. The lowest BCUT2D eigenvalue weighted by Gasteiger charge is -2.11. The van der Waals surface area contributed by atoms with E-state index >= 15 is 0 Å². The van der Waals surface area contributed by atoms with Crippen molar-refractivity contribution in [2.24, 2.45) is 12.1 Å². The average Bonchev–Trinajstić information content (AvgIpc) is 3.31. The van der Waals surface area contributed by atoms with Gasteiger partial charge < -0.3 is 14.0 Å². The molecule has 11 nitrogen and oxygen atoms in total. The number of ether oxygens (including phenoxy) is 2. The first kappa shape index (κ1) is 26.4. The first-order valence-electron chi connectivity index (χ1n) is 11.4. The van der Waals surface area contributed by atoms with Crippen LogP contribution in [0.1, 0.15) is 11.1 Å². The number of nitrogens with one attached hydrogen (secondary N) is 1. The van der Waals surface area contributed by atoms with Crippen LogP contribution >= 0.6 is 11.8 Å². The van der Waals surface area contributed by atoms with Crippen molar-refractivity contribution in [3.63, 3.8) is 0 Å². The fraction of sp³-hybridized carbons (Fsp3) is 0.154. The van der Waals surface area contributed by atoms with Gasteiger partial charge in [0.25, 0.3) is 11.6 Å². The quantitative estimate of drug-likeness (QED) is 0.131. The van der Waals surface area contributed by atoms with Crippen LogP contribution in [-0.4, -0.2) is 44.7 Å². The van der Waals surface area contributed by atoms with Crippen molar-refractivity contribution in [1.29, 1.82) is 0 Å². The highest BCUT2D eigenvalue weighted by Crippen LogP contribution is 2.24. The molecule has 194 valence electrons. The Morgan fingerprint density at radius 3 is 2.61 bits per heavy atom. The molecular weight excluding hydrogens is 508 g/mol. The van der Waals surface area contributed by atoms with E-state index in [1.807, 2.05) is 54.1 Å². The van der Waals surface area contributed by atoms with Gasteiger partial charge in [0.1, 0.15) is 18.1 Å². The number of non-ortho nitro benzene ring substituents is 1. The summed E-state index contributed by atoms with van der Waals surface area (Å²) in [5.41, 5.74) is 4.95. The van der Waals surface area contributed by atoms with Crippen LogP contribution in [0.4, 0.5) is 5.69 Å². The lowest BCUT2D eigenvalue weighted by molar-refractivity contribution is -0.384. The number of aromatic nitrogens is 3. The fourth-order valence-electron chi connectivity index (χ4n) is 3.41. The van der Waals surface area contributed by atoms with Crippen LogP contribution in [0, 0.1) is 10.1 Å². The molecule has 0 aliphatic heterocycles. The number of benzene rings is 3. The standard InChI is InChI=1S/C26H24N6O5S/c1-31-25(19-6-4-3-5-7-19)29-30-26(31)38-17-24(33)28-27-15-18-8-9-20(23(14-18)36-2)16-37-22-12-10-21(11-13-22)32(34)35/h3-15H,16-17H2,1-2H3,(H,28,33)/b27-15-. The van der Waals surface area contributed by atoms with E-state index < -0.39 is 4.92 Å². The van der Waals surface area contributed by atoms with E-state index in [9.17, 15) is 14.9 Å². The molecule has 0 radical (unpaired) electrons. The van der Waals surface area contributed by atoms with Crippen LogP contribution in [-0.2, 0) is 18.4 Å². The van der Waals surface area contributed by atoms with E-state index in [0.29, 0.717) is 16.7 Å². The van der Waals surface area contributed by atoms with Crippen LogP contribution in [0.15, 0.2) is 83.1 Å². The third-order valence-electron chi connectivity index (χ3n) is 5.36. The highest BCUT2D eigenvalue weighted by Gasteiger charge is 2.13. The first-order chi connectivity index (χ1) is 18.4. The van der Waals surface area contributed by atoms with Gasteiger partial charge in [-0.3, -0.25) is 14.9 Å². The molecule has 0 spiro atoms. The van der Waals surface area contributed by atoms with Gasteiger partial charge in [-0.15, -0.1) is 10.2 Å². The number of nitro groups is 1. The summed E-state index contributed by atoms with van der Waals surface area (Å²) in [7, 11) is 3.40. The molecule has 1 aromatic heterocycles. The smallest absolute Gasteiger partial charge is 0.269 e. The van der Waals surface area contributed by atoms with Crippen molar-refractivity contribution in [2.75, 3.05) is 12.9 Å². The summed E-state index contributed by atoms with van der Waals surface area (Å²) in [6, 6.07) is 20.9. The molecule has 3 aromatic carbocycles. The number of rotatable bonds is 11. The third-order valence-corrected chi connectivity index (χ3v) is 6.38. The summed E-state index contributed by atoms with van der Waals surface area (Å²) in [4.78, 5) is 22.6.